The van der Waals surface area contributed by atoms with Gasteiger partial charge < -0.3 is 15.1 Å². The van der Waals surface area contributed by atoms with Gasteiger partial charge in [-0.2, -0.15) is 0 Å². The lowest BCUT2D eigenvalue weighted by molar-refractivity contribution is 0.412. The van der Waals surface area contributed by atoms with Gasteiger partial charge in [0.2, 0.25) is 0 Å². The van der Waals surface area contributed by atoms with Gasteiger partial charge >= 0.3 is 0 Å². The number of hydrogen-bond donors (Lipinski definition) is 1. The molecule has 1 aliphatic carbocycles. The van der Waals surface area contributed by atoms with Crippen molar-refractivity contribution in [1.82, 2.24) is 24.6 Å². The molecule has 0 atom stereocenters. The maximum atomic E-state index is 6.57. The SMILES string of the molecule is CCCN(CCN(C)C)c1cccc2nc(CNC)c(Cl)n12.c1cnc2c(c1)CCCC2. The van der Waals surface area contributed by atoms with E-state index >= 15 is 0 Å². The van der Waals surface area contributed by atoms with E-state index in [0.717, 1.165) is 43.2 Å². The second-order valence-electron chi connectivity index (χ2n) is 8.56. The van der Waals surface area contributed by atoms with E-state index in [4.69, 9.17) is 11.6 Å². The Balaban J connectivity index is 0.000000238. The van der Waals surface area contributed by atoms with Crippen LogP contribution >= 0.6 is 11.6 Å². The van der Waals surface area contributed by atoms with Crippen molar-refractivity contribution in [3.05, 3.63) is 58.6 Å². The summed E-state index contributed by atoms with van der Waals surface area (Å²) in [6.07, 6.45) is 8.09. The van der Waals surface area contributed by atoms with Crippen LogP contribution in [0.1, 0.15) is 43.1 Å². The zero-order valence-corrected chi connectivity index (χ0v) is 20.7. The number of nitrogens with zero attached hydrogens (tertiary/aromatic N) is 5. The Kier molecular flexibility index (Phi) is 9.33. The quantitative estimate of drug-likeness (QED) is 0.542. The molecule has 0 saturated heterocycles. The van der Waals surface area contributed by atoms with Crippen LogP contribution in [0, 0.1) is 0 Å². The van der Waals surface area contributed by atoms with Crippen LogP contribution in [0.5, 0.6) is 0 Å². The van der Waals surface area contributed by atoms with E-state index < -0.39 is 0 Å². The first-order valence-electron chi connectivity index (χ1n) is 11.7. The van der Waals surface area contributed by atoms with E-state index in [1.165, 1.54) is 36.9 Å². The number of fused-ring (bicyclic) bond motifs is 2. The molecule has 32 heavy (non-hydrogen) atoms. The molecule has 0 saturated carbocycles. The molecule has 0 bridgehead atoms. The Morgan fingerprint density at radius 3 is 2.59 bits per heavy atom. The van der Waals surface area contributed by atoms with Crippen LogP contribution in [0.3, 0.4) is 0 Å². The highest BCUT2D eigenvalue weighted by Crippen LogP contribution is 2.25. The number of imidazole rings is 1. The van der Waals surface area contributed by atoms with Crippen molar-refractivity contribution < 1.29 is 0 Å². The van der Waals surface area contributed by atoms with Crippen molar-refractivity contribution in [3.63, 3.8) is 0 Å². The monoisotopic (exact) mass is 456 g/mol. The van der Waals surface area contributed by atoms with Crippen molar-refractivity contribution in [3.8, 4) is 0 Å². The second-order valence-corrected chi connectivity index (χ2v) is 8.92. The highest BCUT2D eigenvalue weighted by molar-refractivity contribution is 6.30. The lowest BCUT2D eigenvalue weighted by Crippen LogP contribution is -2.33. The number of rotatable bonds is 8. The van der Waals surface area contributed by atoms with E-state index in [9.17, 15) is 0 Å². The predicted molar refractivity (Wildman–Crippen MR) is 135 cm³/mol. The predicted octanol–water partition coefficient (Wildman–Crippen LogP) is 4.45. The molecule has 1 N–H and O–H groups in total. The van der Waals surface area contributed by atoms with Gasteiger partial charge in [-0.25, -0.2) is 4.98 Å². The first kappa shape index (κ1) is 24.5. The van der Waals surface area contributed by atoms with Gasteiger partial charge in [0.05, 0.1) is 5.69 Å². The average molecular weight is 457 g/mol. The normalized spacial score (nSPS) is 13.1. The molecule has 0 aliphatic heterocycles. The molecule has 0 aromatic carbocycles. The molecule has 7 heteroatoms. The van der Waals surface area contributed by atoms with Crippen LogP contribution in [0.2, 0.25) is 5.15 Å². The number of aromatic nitrogens is 3. The smallest absolute Gasteiger partial charge is 0.139 e. The largest absolute Gasteiger partial charge is 0.356 e. The summed E-state index contributed by atoms with van der Waals surface area (Å²) in [6, 6.07) is 10.4. The molecule has 3 aromatic rings. The number of halogens is 1. The van der Waals surface area contributed by atoms with E-state index in [1.54, 1.807) is 0 Å². The third-order valence-corrected chi connectivity index (χ3v) is 6.09. The molecule has 0 unspecified atom stereocenters. The number of nitrogens with one attached hydrogen (secondary N) is 1. The molecule has 1 aliphatic rings. The highest BCUT2D eigenvalue weighted by Gasteiger charge is 2.16. The maximum absolute atomic E-state index is 6.57. The van der Waals surface area contributed by atoms with Gasteiger partial charge in [0.15, 0.2) is 0 Å². The molecule has 4 rings (SSSR count). The summed E-state index contributed by atoms with van der Waals surface area (Å²) in [5, 5.41) is 3.82. The number of likely N-dealkylation sites (N-methyl/N-ethyl adjacent to an activating group) is 1. The molecule has 0 amide bonds. The van der Waals surface area contributed by atoms with Crippen LogP contribution in [0.15, 0.2) is 36.5 Å². The Bertz CT molecular complexity index is 959. The van der Waals surface area contributed by atoms with Crippen molar-refractivity contribution >= 4 is 23.1 Å². The Hall–Kier alpha value is -2.15. The second kappa shape index (κ2) is 12.2. The third-order valence-electron chi connectivity index (χ3n) is 5.71. The molecule has 3 aromatic heterocycles. The zero-order valence-electron chi connectivity index (χ0n) is 19.9. The van der Waals surface area contributed by atoms with Gasteiger partial charge in [0.1, 0.15) is 16.6 Å². The number of pyridine rings is 2. The fourth-order valence-electron chi connectivity index (χ4n) is 4.08. The van der Waals surface area contributed by atoms with Crippen LogP contribution < -0.4 is 10.2 Å². The van der Waals surface area contributed by atoms with E-state index in [0.29, 0.717) is 11.7 Å². The first-order valence-corrected chi connectivity index (χ1v) is 12.1. The summed E-state index contributed by atoms with van der Waals surface area (Å²) in [6.45, 7) is 5.85. The molecule has 3 heterocycles. The third kappa shape index (κ3) is 6.21. The van der Waals surface area contributed by atoms with Crippen LogP contribution in [0.4, 0.5) is 5.82 Å². The summed E-state index contributed by atoms with van der Waals surface area (Å²) < 4.78 is 2.06. The molecule has 0 fully saturated rings. The van der Waals surface area contributed by atoms with Crippen molar-refractivity contribution in [2.45, 2.75) is 45.6 Å². The number of hydrogen-bond acceptors (Lipinski definition) is 5. The van der Waals surface area contributed by atoms with Crippen molar-refractivity contribution in [1.29, 1.82) is 0 Å². The molecule has 6 nitrogen and oxygen atoms in total. The fourth-order valence-corrected chi connectivity index (χ4v) is 4.36. The summed E-state index contributed by atoms with van der Waals surface area (Å²) in [4.78, 5) is 13.5. The molecule has 0 radical (unpaired) electrons. The molecule has 174 valence electrons. The number of aryl methyl sites for hydroxylation is 2. The Labute approximate surface area is 197 Å². The van der Waals surface area contributed by atoms with E-state index in [-0.39, 0.29) is 0 Å². The van der Waals surface area contributed by atoms with Crippen LogP contribution in [-0.4, -0.2) is 60.0 Å². The summed E-state index contributed by atoms with van der Waals surface area (Å²) in [7, 11) is 6.10. The standard InChI is InChI=1S/C16H26ClN5.C9H11N/c1-5-9-21(11-10-20(3)4)15-8-6-7-14-19-13(12-18-2)16(17)22(14)15;1-2-6-9-8(4-1)5-3-7-10-9/h6-8,18H,5,9-12H2,1-4H3;3,5,7H,1-2,4,6H2. The van der Waals surface area contributed by atoms with Crippen molar-refractivity contribution in [2.24, 2.45) is 0 Å². The Morgan fingerprint density at radius 1 is 1.06 bits per heavy atom. The van der Waals surface area contributed by atoms with Crippen LogP contribution in [0.25, 0.3) is 5.65 Å². The van der Waals surface area contributed by atoms with Gasteiger partial charge in [-0.3, -0.25) is 9.38 Å². The van der Waals surface area contributed by atoms with Gasteiger partial charge in [0.25, 0.3) is 0 Å². The lowest BCUT2D eigenvalue weighted by Gasteiger charge is -2.27. The van der Waals surface area contributed by atoms with Gasteiger partial charge in [-0.1, -0.05) is 30.7 Å². The van der Waals surface area contributed by atoms with Crippen LogP contribution in [-0.2, 0) is 19.4 Å². The first-order chi connectivity index (χ1) is 15.5. The molecular weight excluding hydrogens is 420 g/mol. The molecule has 0 spiro atoms. The van der Waals surface area contributed by atoms with Crippen molar-refractivity contribution in [2.75, 3.05) is 45.7 Å². The summed E-state index contributed by atoms with van der Waals surface area (Å²) in [5.41, 5.74) is 4.59. The minimum atomic E-state index is 0.672. The minimum absolute atomic E-state index is 0.672. The van der Waals surface area contributed by atoms with Gasteiger partial charge in [-0.15, -0.1) is 0 Å². The van der Waals surface area contributed by atoms with E-state index in [2.05, 4.69) is 68.7 Å². The van der Waals surface area contributed by atoms with E-state index in [1.807, 2.05) is 25.4 Å². The minimum Gasteiger partial charge on any atom is -0.356 e. The number of anilines is 1. The average Bonchev–Trinajstić information content (AvgIpc) is 3.13. The summed E-state index contributed by atoms with van der Waals surface area (Å²) in [5.74, 6) is 1.11. The summed E-state index contributed by atoms with van der Waals surface area (Å²) >= 11 is 6.57. The lowest BCUT2D eigenvalue weighted by atomic mass is 9.96. The maximum Gasteiger partial charge on any atom is 0.139 e. The fraction of sp³-hybridized carbons (Fsp3) is 0.520. The molecular formula is C25H37ClN6. The van der Waals surface area contributed by atoms with Gasteiger partial charge in [-0.05, 0) is 77.0 Å². The van der Waals surface area contributed by atoms with Gasteiger partial charge in [0, 0.05) is 38.1 Å². The highest BCUT2D eigenvalue weighted by atomic mass is 35.5. The zero-order chi connectivity index (χ0) is 22.9. The topological polar surface area (TPSA) is 48.7 Å². The Morgan fingerprint density at radius 2 is 1.88 bits per heavy atom.